The van der Waals surface area contributed by atoms with Crippen LogP contribution in [-0.4, -0.2) is 21.3 Å². The van der Waals surface area contributed by atoms with Crippen molar-refractivity contribution in [1.82, 2.24) is 0 Å². The topological polar surface area (TPSA) is 70.8 Å². The van der Waals surface area contributed by atoms with Crippen LogP contribution in [0.3, 0.4) is 0 Å². The van der Waals surface area contributed by atoms with Gasteiger partial charge in [-0.3, -0.25) is 9.69 Å². The van der Waals surface area contributed by atoms with Crippen molar-refractivity contribution in [3.63, 3.8) is 0 Å². The van der Waals surface area contributed by atoms with E-state index in [1.807, 2.05) is 6.92 Å². The molecule has 0 unspecified atom stereocenters. The van der Waals surface area contributed by atoms with E-state index >= 15 is 0 Å². The second-order valence-electron chi connectivity index (χ2n) is 6.65. The first-order valence-electron chi connectivity index (χ1n) is 8.92. The highest BCUT2D eigenvalue weighted by Crippen LogP contribution is 2.40. The SMILES string of the molecule is Cc1cc(C(=O)O)ccc1-c1ccc(/C=C2/SC(=S)N(c3ccc(Cl)cc3Cl)C2=O)o1. The second kappa shape index (κ2) is 8.51. The Labute approximate surface area is 197 Å². The van der Waals surface area contributed by atoms with E-state index in [0.29, 0.717) is 36.5 Å². The van der Waals surface area contributed by atoms with Gasteiger partial charge in [0, 0.05) is 16.7 Å². The molecule has 1 aliphatic heterocycles. The molecule has 1 aromatic heterocycles. The Balaban J connectivity index is 1.62. The third-order valence-electron chi connectivity index (χ3n) is 4.58. The summed E-state index contributed by atoms with van der Waals surface area (Å²) in [6.07, 6.45) is 1.62. The lowest BCUT2D eigenvalue weighted by Gasteiger charge is -2.16. The number of thioether (sulfide) groups is 1. The number of amides is 1. The molecule has 0 bridgehead atoms. The van der Waals surface area contributed by atoms with Gasteiger partial charge in [-0.1, -0.05) is 53.2 Å². The molecule has 1 amide bonds. The van der Waals surface area contributed by atoms with Gasteiger partial charge in [0.2, 0.25) is 0 Å². The van der Waals surface area contributed by atoms with Crippen LogP contribution in [0.25, 0.3) is 17.4 Å². The first-order valence-corrected chi connectivity index (χ1v) is 10.9. The van der Waals surface area contributed by atoms with Crippen molar-refractivity contribution in [3.05, 3.63) is 80.4 Å². The van der Waals surface area contributed by atoms with Crippen LogP contribution in [0.5, 0.6) is 0 Å². The van der Waals surface area contributed by atoms with Crippen molar-refractivity contribution in [2.24, 2.45) is 0 Å². The third-order valence-corrected chi connectivity index (χ3v) is 6.42. The molecule has 0 radical (unpaired) electrons. The second-order valence-corrected chi connectivity index (χ2v) is 9.17. The Morgan fingerprint density at radius 1 is 1.16 bits per heavy atom. The number of thiocarbonyl (C=S) groups is 1. The first kappa shape index (κ1) is 21.6. The van der Waals surface area contributed by atoms with Crippen LogP contribution in [-0.2, 0) is 4.79 Å². The minimum Gasteiger partial charge on any atom is -0.478 e. The molecule has 4 rings (SSSR count). The number of hydrogen-bond donors (Lipinski definition) is 1. The van der Waals surface area contributed by atoms with Crippen LogP contribution >= 0.6 is 47.2 Å². The zero-order chi connectivity index (χ0) is 22.3. The van der Waals surface area contributed by atoms with Gasteiger partial charge in [-0.25, -0.2) is 4.79 Å². The monoisotopic (exact) mass is 489 g/mol. The minimum atomic E-state index is -0.988. The average Bonchev–Trinajstić information content (AvgIpc) is 3.27. The van der Waals surface area contributed by atoms with Crippen LogP contribution in [0.1, 0.15) is 21.7 Å². The smallest absolute Gasteiger partial charge is 0.335 e. The number of aryl methyl sites for hydroxylation is 1. The van der Waals surface area contributed by atoms with Crippen molar-refractivity contribution in [1.29, 1.82) is 0 Å². The number of hydrogen-bond acceptors (Lipinski definition) is 5. The molecule has 1 saturated heterocycles. The quantitative estimate of drug-likeness (QED) is 0.326. The van der Waals surface area contributed by atoms with Crippen molar-refractivity contribution in [2.45, 2.75) is 6.92 Å². The Hall–Kier alpha value is -2.58. The molecule has 0 spiro atoms. The fourth-order valence-corrected chi connectivity index (χ4v) is 4.87. The van der Waals surface area contributed by atoms with Crippen LogP contribution in [0, 0.1) is 6.92 Å². The standard InChI is InChI=1S/C22H13Cl2NO4S2/c1-11-8-12(21(27)28)2-5-15(11)18-7-4-14(29-18)10-19-20(26)25(22(30)31-19)17-6-3-13(23)9-16(17)24/h2-10H,1H3,(H,27,28)/b19-10+. The molecule has 2 heterocycles. The van der Waals surface area contributed by atoms with Gasteiger partial charge in [-0.15, -0.1) is 0 Å². The lowest BCUT2D eigenvalue weighted by molar-refractivity contribution is -0.113. The lowest BCUT2D eigenvalue weighted by Crippen LogP contribution is -2.27. The van der Waals surface area contributed by atoms with Gasteiger partial charge in [0.25, 0.3) is 5.91 Å². The van der Waals surface area contributed by atoms with Crippen molar-refractivity contribution >= 4 is 75.1 Å². The van der Waals surface area contributed by atoms with Crippen molar-refractivity contribution in [2.75, 3.05) is 4.90 Å². The molecule has 1 N–H and O–H groups in total. The van der Waals surface area contributed by atoms with E-state index in [-0.39, 0.29) is 11.5 Å². The average molecular weight is 490 g/mol. The fourth-order valence-electron chi connectivity index (χ4n) is 3.12. The highest BCUT2D eigenvalue weighted by atomic mass is 35.5. The first-order chi connectivity index (χ1) is 14.7. The van der Waals surface area contributed by atoms with Gasteiger partial charge in [0.1, 0.15) is 11.5 Å². The van der Waals surface area contributed by atoms with Crippen LogP contribution in [0.2, 0.25) is 10.0 Å². The number of carboxylic acids is 1. The van der Waals surface area contributed by atoms with E-state index in [0.717, 1.165) is 22.9 Å². The number of rotatable bonds is 4. The molecule has 2 aromatic carbocycles. The number of carbonyl (C=O) groups excluding carboxylic acids is 1. The van der Waals surface area contributed by atoms with E-state index in [9.17, 15) is 9.59 Å². The zero-order valence-electron chi connectivity index (χ0n) is 15.9. The van der Waals surface area contributed by atoms with E-state index in [1.165, 1.54) is 11.0 Å². The number of nitrogens with zero attached hydrogens (tertiary/aromatic N) is 1. The molecule has 0 atom stereocenters. The molecular formula is C22H13Cl2NO4S2. The van der Waals surface area contributed by atoms with E-state index in [2.05, 4.69) is 0 Å². The molecule has 31 heavy (non-hydrogen) atoms. The van der Waals surface area contributed by atoms with E-state index in [4.69, 9.17) is 44.9 Å². The number of furan rings is 1. The number of aromatic carboxylic acids is 1. The fraction of sp³-hybridized carbons (Fsp3) is 0.0455. The minimum absolute atomic E-state index is 0.206. The zero-order valence-corrected chi connectivity index (χ0v) is 19.0. The summed E-state index contributed by atoms with van der Waals surface area (Å²) in [5.74, 6) is -0.256. The summed E-state index contributed by atoms with van der Waals surface area (Å²) < 4.78 is 6.24. The van der Waals surface area contributed by atoms with E-state index in [1.54, 1.807) is 48.5 Å². The largest absolute Gasteiger partial charge is 0.478 e. The van der Waals surface area contributed by atoms with Crippen molar-refractivity contribution < 1.29 is 19.1 Å². The molecule has 5 nitrogen and oxygen atoms in total. The van der Waals surface area contributed by atoms with Crippen LogP contribution < -0.4 is 4.90 Å². The Kier molecular flexibility index (Phi) is 5.94. The third kappa shape index (κ3) is 4.27. The summed E-state index contributed by atoms with van der Waals surface area (Å²) in [6.45, 7) is 1.81. The number of anilines is 1. The van der Waals surface area contributed by atoms with E-state index < -0.39 is 5.97 Å². The summed E-state index contributed by atoms with van der Waals surface area (Å²) >= 11 is 18.7. The maximum atomic E-state index is 13.0. The summed E-state index contributed by atoms with van der Waals surface area (Å²) in [5.41, 5.74) is 2.21. The molecule has 9 heteroatoms. The lowest BCUT2D eigenvalue weighted by atomic mass is 10.0. The van der Waals surface area contributed by atoms with Gasteiger partial charge in [0.05, 0.1) is 21.2 Å². The van der Waals surface area contributed by atoms with Gasteiger partial charge >= 0.3 is 5.97 Å². The highest BCUT2D eigenvalue weighted by molar-refractivity contribution is 8.27. The normalized spacial score (nSPS) is 15.2. The van der Waals surface area contributed by atoms with Gasteiger partial charge in [0.15, 0.2) is 4.32 Å². The molecule has 0 saturated carbocycles. The number of carbonyl (C=O) groups is 2. The predicted octanol–water partition coefficient (Wildman–Crippen LogP) is 6.67. The van der Waals surface area contributed by atoms with Crippen LogP contribution in [0.15, 0.2) is 57.9 Å². The molecule has 0 aliphatic carbocycles. The summed E-state index contributed by atoms with van der Waals surface area (Å²) in [4.78, 5) is 25.8. The van der Waals surface area contributed by atoms with Crippen LogP contribution in [0.4, 0.5) is 5.69 Å². The molecule has 1 aliphatic rings. The number of carboxylic acid groups (broad SMARTS) is 1. The summed E-state index contributed by atoms with van der Waals surface area (Å²) in [7, 11) is 0. The predicted molar refractivity (Wildman–Crippen MR) is 128 cm³/mol. The van der Waals surface area contributed by atoms with Gasteiger partial charge in [-0.2, -0.15) is 0 Å². The molecule has 1 fully saturated rings. The maximum Gasteiger partial charge on any atom is 0.335 e. The molecular weight excluding hydrogens is 477 g/mol. The highest BCUT2D eigenvalue weighted by Gasteiger charge is 2.34. The molecule has 156 valence electrons. The van der Waals surface area contributed by atoms with Gasteiger partial charge < -0.3 is 9.52 Å². The number of benzene rings is 2. The Morgan fingerprint density at radius 3 is 2.61 bits per heavy atom. The number of halogens is 2. The maximum absolute atomic E-state index is 13.0. The summed E-state index contributed by atoms with van der Waals surface area (Å²) in [5, 5.41) is 9.91. The summed E-state index contributed by atoms with van der Waals surface area (Å²) in [6, 6.07) is 13.2. The Bertz CT molecular complexity index is 1280. The van der Waals surface area contributed by atoms with Crippen molar-refractivity contribution in [3.8, 4) is 11.3 Å². The van der Waals surface area contributed by atoms with Gasteiger partial charge in [-0.05, 0) is 55.0 Å². The Morgan fingerprint density at radius 2 is 1.94 bits per heavy atom. The molecule has 3 aromatic rings.